The van der Waals surface area contributed by atoms with Crippen LogP contribution < -0.4 is 5.32 Å². The molecule has 2 heteroatoms. The monoisotopic (exact) mass is 222 g/mol. The van der Waals surface area contributed by atoms with E-state index in [1.54, 1.807) is 0 Å². The van der Waals surface area contributed by atoms with Crippen LogP contribution in [0, 0.1) is 17.8 Å². The minimum Gasteiger partial charge on any atom is -0.307 e. The van der Waals surface area contributed by atoms with Crippen LogP contribution in [0.25, 0.3) is 0 Å². The first-order chi connectivity index (χ1) is 7.66. The molecule has 0 bridgehead atoms. The summed E-state index contributed by atoms with van der Waals surface area (Å²) in [7, 11) is 0. The van der Waals surface area contributed by atoms with Crippen molar-refractivity contribution < 1.29 is 4.79 Å². The number of carbonyl (C=O) groups is 1. The van der Waals surface area contributed by atoms with Crippen LogP contribution in [-0.4, -0.2) is 18.4 Å². The zero-order valence-electron chi connectivity index (χ0n) is 10.6. The third kappa shape index (κ3) is 2.85. The standard InChI is InChI=1S/C14H24NO/c1-10(2)7-14(16)13-8-11-5-3-4-6-12(11)9-15-13/h11-13,15H,3-9H2,1-2H3/t11-,12+,13-/m0/s1. The molecule has 2 fully saturated rings. The number of piperidine rings is 1. The predicted octanol–water partition coefficient (Wildman–Crippen LogP) is 2.73. The molecule has 0 amide bonds. The van der Waals surface area contributed by atoms with Gasteiger partial charge in [0.15, 0.2) is 0 Å². The van der Waals surface area contributed by atoms with E-state index in [2.05, 4.69) is 5.32 Å². The van der Waals surface area contributed by atoms with E-state index in [9.17, 15) is 4.79 Å². The fraction of sp³-hybridized carbons (Fsp3) is 0.857. The van der Waals surface area contributed by atoms with E-state index < -0.39 is 0 Å². The number of nitrogens with one attached hydrogen (secondary N) is 1. The number of Topliss-reactive ketones (excluding diaryl/α,β-unsaturated/α-hetero) is 1. The summed E-state index contributed by atoms with van der Waals surface area (Å²) in [6, 6.07) is 0.147. The van der Waals surface area contributed by atoms with Crippen LogP contribution in [0.5, 0.6) is 0 Å². The van der Waals surface area contributed by atoms with Crippen molar-refractivity contribution in [3.63, 3.8) is 0 Å². The van der Waals surface area contributed by atoms with Crippen molar-refractivity contribution in [2.24, 2.45) is 11.8 Å². The van der Waals surface area contributed by atoms with Crippen molar-refractivity contribution in [3.8, 4) is 0 Å². The van der Waals surface area contributed by atoms with E-state index in [1.807, 2.05) is 13.8 Å². The van der Waals surface area contributed by atoms with Gasteiger partial charge in [0.2, 0.25) is 0 Å². The molecule has 2 rings (SSSR count). The average Bonchev–Trinajstić information content (AvgIpc) is 2.27. The summed E-state index contributed by atoms with van der Waals surface area (Å²) >= 11 is 0. The molecular formula is C14H24NO. The van der Waals surface area contributed by atoms with E-state index in [0.29, 0.717) is 12.2 Å². The van der Waals surface area contributed by atoms with Crippen LogP contribution in [0.1, 0.15) is 52.4 Å². The summed E-state index contributed by atoms with van der Waals surface area (Å²) in [6.45, 7) is 5.16. The fourth-order valence-electron chi connectivity index (χ4n) is 3.26. The SMILES string of the molecule is C[C](C)CC(=O)[C@@H]1C[C@@H]2CCCC[C@@H]2CN1. The highest BCUT2D eigenvalue weighted by Crippen LogP contribution is 2.35. The van der Waals surface area contributed by atoms with E-state index >= 15 is 0 Å². The Bertz CT molecular complexity index is 249. The minimum absolute atomic E-state index is 0.147. The van der Waals surface area contributed by atoms with Gasteiger partial charge in [-0.1, -0.05) is 33.1 Å². The number of hydrogen-bond acceptors (Lipinski definition) is 2. The summed E-state index contributed by atoms with van der Waals surface area (Å²) in [6.07, 6.45) is 7.25. The molecule has 91 valence electrons. The van der Waals surface area contributed by atoms with Crippen LogP contribution in [-0.2, 0) is 4.79 Å². The van der Waals surface area contributed by atoms with Gasteiger partial charge in [0, 0.05) is 6.42 Å². The molecule has 3 atom stereocenters. The topological polar surface area (TPSA) is 29.1 Å². The highest BCUT2D eigenvalue weighted by atomic mass is 16.1. The lowest BCUT2D eigenvalue weighted by Crippen LogP contribution is -2.48. The molecule has 0 aromatic rings. The third-order valence-electron chi connectivity index (χ3n) is 4.15. The molecule has 0 unspecified atom stereocenters. The summed E-state index contributed by atoms with van der Waals surface area (Å²) in [5.41, 5.74) is 0. The molecule has 1 heterocycles. The molecule has 1 aliphatic heterocycles. The Hall–Kier alpha value is -0.370. The van der Waals surface area contributed by atoms with Crippen molar-refractivity contribution in [1.82, 2.24) is 5.32 Å². The number of carbonyl (C=O) groups excluding carboxylic acids is 1. The second-order valence-electron chi connectivity index (χ2n) is 5.85. The van der Waals surface area contributed by atoms with Gasteiger partial charge >= 0.3 is 0 Å². The third-order valence-corrected chi connectivity index (χ3v) is 4.15. The maximum absolute atomic E-state index is 12.0. The second-order valence-corrected chi connectivity index (χ2v) is 5.85. The zero-order chi connectivity index (χ0) is 11.5. The molecular weight excluding hydrogens is 198 g/mol. The fourth-order valence-corrected chi connectivity index (χ4v) is 3.26. The maximum atomic E-state index is 12.0. The van der Waals surface area contributed by atoms with E-state index in [1.165, 1.54) is 31.6 Å². The van der Waals surface area contributed by atoms with E-state index in [4.69, 9.17) is 0 Å². The molecule has 1 N–H and O–H groups in total. The first kappa shape index (κ1) is 12.1. The van der Waals surface area contributed by atoms with Crippen molar-refractivity contribution in [1.29, 1.82) is 0 Å². The Morgan fingerprint density at radius 2 is 1.88 bits per heavy atom. The van der Waals surface area contributed by atoms with Gasteiger partial charge in [0.25, 0.3) is 0 Å². The van der Waals surface area contributed by atoms with Gasteiger partial charge in [0.05, 0.1) is 6.04 Å². The number of hydrogen-bond donors (Lipinski definition) is 1. The van der Waals surface area contributed by atoms with Crippen LogP contribution in [0.15, 0.2) is 0 Å². The Morgan fingerprint density at radius 1 is 1.19 bits per heavy atom. The Balaban J connectivity index is 1.87. The highest BCUT2D eigenvalue weighted by molar-refractivity contribution is 5.85. The van der Waals surface area contributed by atoms with Crippen LogP contribution in [0.3, 0.4) is 0 Å². The largest absolute Gasteiger partial charge is 0.307 e. The van der Waals surface area contributed by atoms with Crippen LogP contribution >= 0.6 is 0 Å². The smallest absolute Gasteiger partial charge is 0.150 e. The summed E-state index contributed by atoms with van der Waals surface area (Å²) in [4.78, 5) is 12.0. The highest BCUT2D eigenvalue weighted by Gasteiger charge is 2.34. The molecule has 1 saturated carbocycles. The molecule has 0 spiro atoms. The Morgan fingerprint density at radius 3 is 2.56 bits per heavy atom. The first-order valence-electron chi connectivity index (χ1n) is 6.72. The van der Waals surface area contributed by atoms with Gasteiger partial charge < -0.3 is 5.32 Å². The molecule has 2 aliphatic rings. The molecule has 1 radical (unpaired) electrons. The van der Waals surface area contributed by atoms with Gasteiger partial charge in [0.1, 0.15) is 5.78 Å². The molecule has 16 heavy (non-hydrogen) atoms. The quantitative estimate of drug-likeness (QED) is 0.795. The van der Waals surface area contributed by atoms with E-state index in [-0.39, 0.29) is 6.04 Å². The predicted molar refractivity (Wildman–Crippen MR) is 66.1 cm³/mol. The lowest BCUT2D eigenvalue weighted by Gasteiger charge is -2.39. The lowest BCUT2D eigenvalue weighted by molar-refractivity contribution is -0.122. The van der Waals surface area contributed by atoms with Crippen molar-refractivity contribution in [3.05, 3.63) is 5.92 Å². The minimum atomic E-state index is 0.147. The number of fused-ring (bicyclic) bond motifs is 1. The molecule has 1 aliphatic carbocycles. The zero-order valence-corrected chi connectivity index (χ0v) is 10.6. The first-order valence-corrected chi connectivity index (χ1v) is 6.72. The Labute approximate surface area is 99.2 Å². The van der Waals surface area contributed by atoms with Crippen molar-refractivity contribution in [2.75, 3.05) is 6.54 Å². The maximum Gasteiger partial charge on any atom is 0.150 e. The van der Waals surface area contributed by atoms with Crippen molar-refractivity contribution in [2.45, 2.75) is 58.4 Å². The van der Waals surface area contributed by atoms with Gasteiger partial charge in [-0.25, -0.2) is 0 Å². The van der Waals surface area contributed by atoms with Crippen molar-refractivity contribution >= 4 is 5.78 Å². The van der Waals surface area contributed by atoms with Crippen LogP contribution in [0.2, 0.25) is 0 Å². The van der Waals surface area contributed by atoms with Gasteiger partial charge in [-0.2, -0.15) is 0 Å². The Kier molecular flexibility index (Phi) is 4.01. The average molecular weight is 222 g/mol. The normalized spacial score (nSPS) is 34.8. The van der Waals surface area contributed by atoms with Gasteiger partial charge in [-0.15, -0.1) is 0 Å². The molecule has 2 nitrogen and oxygen atoms in total. The number of rotatable bonds is 3. The second kappa shape index (κ2) is 5.31. The van der Waals surface area contributed by atoms with Crippen LogP contribution in [0.4, 0.5) is 0 Å². The van der Waals surface area contributed by atoms with Gasteiger partial charge in [-0.05, 0) is 37.1 Å². The summed E-state index contributed by atoms with van der Waals surface area (Å²) in [5.74, 6) is 3.31. The van der Waals surface area contributed by atoms with Gasteiger partial charge in [-0.3, -0.25) is 4.79 Å². The molecule has 1 saturated heterocycles. The number of ketones is 1. The summed E-state index contributed by atoms with van der Waals surface area (Å²) in [5, 5.41) is 3.46. The van der Waals surface area contributed by atoms with E-state index in [0.717, 1.165) is 24.8 Å². The molecule has 0 aromatic heterocycles. The molecule has 0 aromatic carbocycles. The lowest BCUT2D eigenvalue weighted by atomic mass is 9.73. The summed E-state index contributed by atoms with van der Waals surface area (Å²) < 4.78 is 0.